The predicted octanol–water partition coefficient (Wildman–Crippen LogP) is 3.77. The molecule has 1 saturated carbocycles. The van der Waals surface area contributed by atoms with Gasteiger partial charge in [0.15, 0.2) is 0 Å². The van der Waals surface area contributed by atoms with Gasteiger partial charge in [0.2, 0.25) is 0 Å². The monoisotopic (exact) mass is 380 g/mol. The van der Waals surface area contributed by atoms with Crippen LogP contribution in [0.15, 0.2) is 18.2 Å². The largest absolute Gasteiger partial charge is 0.396 e. The first-order chi connectivity index (χ1) is 13.4. The number of carbonyl (C=O) groups is 1. The maximum Gasteiger partial charge on any atom is 0.137 e. The highest BCUT2D eigenvalue weighted by Gasteiger charge is 2.50. The molecule has 2 N–H and O–H groups in total. The molecule has 2 fully saturated rings. The molecule has 0 bridgehead atoms. The molecule has 2 aliphatic carbocycles. The molecule has 0 radical (unpaired) electrons. The van der Waals surface area contributed by atoms with Crippen molar-refractivity contribution in [3.05, 3.63) is 35.0 Å². The van der Waals surface area contributed by atoms with Crippen molar-refractivity contribution in [2.75, 3.05) is 20.2 Å². The average molecular weight is 381 g/mol. The SMILES string of the molecule is CC(CO)CC(=O)C1CN(C)C2Cc3c(C4CC4)[nH]c4cccc(c34)C2(C)C1. The van der Waals surface area contributed by atoms with E-state index < -0.39 is 0 Å². The third kappa shape index (κ3) is 2.68. The van der Waals surface area contributed by atoms with Crippen LogP contribution in [0.3, 0.4) is 0 Å². The molecule has 1 aliphatic heterocycles. The maximum atomic E-state index is 13.0. The van der Waals surface area contributed by atoms with E-state index in [2.05, 4.69) is 42.1 Å². The molecule has 1 aromatic carbocycles. The molecule has 4 atom stereocenters. The van der Waals surface area contributed by atoms with Gasteiger partial charge in [0, 0.05) is 53.5 Å². The molecule has 2 aromatic rings. The Morgan fingerprint density at radius 1 is 1.39 bits per heavy atom. The van der Waals surface area contributed by atoms with Crippen LogP contribution in [-0.4, -0.2) is 47.0 Å². The van der Waals surface area contributed by atoms with Gasteiger partial charge in [-0.15, -0.1) is 0 Å². The van der Waals surface area contributed by atoms with Crippen molar-refractivity contribution < 1.29 is 9.90 Å². The minimum absolute atomic E-state index is 0.00863. The molecule has 0 amide bonds. The zero-order chi connectivity index (χ0) is 19.6. The van der Waals surface area contributed by atoms with Gasteiger partial charge in [-0.25, -0.2) is 0 Å². The lowest BCUT2D eigenvalue weighted by Crippen LogP contribution is -2.58. The van der Waals surface area contributed by atoms with Crippen molar-refractivity contribution in [1.82, 2.24) is 9.88 Å². The number of aliphatic hydroxyl groups excluding tert-OH is 1. The van der Waals surface area contributed by atoms with Gasteiger partial charge in [0.1, 0.15) is 5.78 Å². The Labute approximate surface area is 167 Å². The van der Waals surface area contributed by atoms with E-state index in [-0.39, 0.29) is 23.9 Å². The van der Waals surface area contributed by atoms with Crippen molar-refractivity contribution in [3.63, 3.8) is 0 Å². The number of ketones is 1. The highest BCUT2D eigenvalue weighted by atomic mass is 16.3. The number of hydrogen-bond donors (Lipinski definition) is 2. The van der Waals surface area contributed by atoms with Crippen LogP contribution in [-0.2, 0) is 16.6 Å². The molecule has 4 unspecified atom stereocenters. The maximum absolute atomic E-state index is 13.0. The third-order valence-electron chi connectivity index (χ3n) is 7.72. The molecule has 5 rings (SSSR count). The normalized spacial score (nSPS) is 31.0. The topological polar surface area (TPSA) is 56.3 Å². The fourth-order valence-corrected chi connectivity index (χ4v) is 6.07. The summed E-state index contributed by atoms with van der Waals surface area (Å²) >= 11 is 0. The number of likely N-dealkylation sites (N-methyl/N-ethyl adjacent to an activating group) is 1. The number of nitrogens with zero attached hydrogens (tertiary/aromatic N) is 1. The number of likely N-dealkylation sites (tertiary alicyclic amines) is 1. The number of nitrogens with one attached hydrogen (secondary N) is 1. The van der Waals surface area contributed by atoms with Gasteiger partial charge in [-0.2, -0.15) is 0 Å². The number of aliphatic hydroxyl groups is 1. The summed E-state index contributed by atoms with van der Waals surface area (Å²) in [5.41, 5.74) is 5.72. The predicted molar refractivity (Wildman–Crippen MR) is 112 cm³/mol. The highest BCUT2D eigenvalue weighted by Crippen LogP contribution is 2.52. The molecule has 28 heavy (non-hydrogen) atoms. The number of hydrogen-bond acceptors (Lipinski definition) is 3. The van der Waals surface area contributed by atoms with Gasteiger partial charge in [0.05, 0.1) is 0 Å². The van der Waals surface area contributed by atoms with Crippen LogP contribution in [0.2, 0.25) is 0 Å². The summed E-state index contributed by atoms with van der Waals surface area (Å²) in [6.07, 6.45) is 5.12. The van der Waals surface area contributed by atoms with E-state index in [4.69, 9.17) is 0 Å². The number of fused-ring (bicyclic) bond motifs is 2. The second-order valence-electron chi connectivity index (χ2n) is 9.96. The van der Waals surface area contributed by atoms with E-state index >= 15 is 0 Å². The molecule has 4 heteroatoms. The molecule has 1 saturated heterocycles. The number of aromatic amines is 1. The zero-order valence-corrected chi connectivity index (χ0v) is 17.3. The molecule has 150 valence electrons. The number of Topliss-reactive ketones (excluding diaryl/α,β-unsaturated/α-hetero) is 1. The van der Waals surface area contributed by atoms with Gasteiger partial charge < -0.3 is 15.0 Å². The van der Waals surface area contributed by atoms with Gasteiger partial charge in [-0.05, 0) is 61.8 Å². The molecular weight excluding hydrogens is 348 g/mol. The van der Waals surface area contributed by atoms with Crippen molar-refractivity contribution >= 4 is 16.7 Å². The summed E-state index contributed by atoms with van der Waals surface area (Å²) in [6, 6.07) is 7.15. The lowest BCUT2D eigenvalue weighted by molar-refractivity contribution is -0.127. The smallest absolute Gasteiger partial charge is 0.137 e. The van der Waals surface area contributed by atoms with Crippen LogP contribution in [0, 0.1) is 11.8 Å². The lowest BCUT2D eigenvalue weighted by Gasteiger charge is -2.52. The second-order valence-corrected chi connectivity index (χ2v) is 9.96. The molecule has 4 nitrogen and oxygen atoms in total. The zero-order valence-electron chi connectivity index (χ0n) is 17.3. The second kappa shape index (κ2) is 6.43. The molecular formula is C24H32N2O2. The first-order valence-corrected chi connectivity index (χ1v) is 10.9. The molecule has 2 heterocycles. The number of aromatic nitrogens is 1. The van der Waals surface area contributed by atoms with Crippen LogP contribution in [0.4, 0.5) is 0 Å². The van der Waals surface area contributed by atoms with E-state index in [1.54, 1.807) is 5.56 Å². The standard InChI is InChI=1S/C24H32N2O2/c1-14(13-27)9-20(28)16-11-24(2)18-5-4-6-19-22(18)17(10-21(24)26(3)12-16)23(25-19)15-7-8-15/h4-6,14-16,21,25,27H,7-13H2,1-3H3. The van der Waals surface area contributed by atoms with Crippen LogP contribution in [0.1, 0.15) is 62.3 Å². The summed E-state index contributed by atoms with van der Waals surface area (Å²) in [6.45, 7) is 5.27. The minimum Gasteiger partial charge on any atom is -0.396 e. The van der Waals surface area contributed by atoms with Crippen LogP contribution < -0.4 is 0 Å². The summed E-state index contributed by atoms with van der Waals surface area (Å²) in [5.74, 6) is 1.15. The molecule has 3 aliphatic rings. The van der Waals surface area contributed by atoms with Gasteiger partial charge >= 0.3 is 0 Å². The fraction of sp³-hybridized carbons (Fsp3) is 0.625. The van der Waals surface area contributed by atoms with E-state index in [1.807, 2.05) is 6.92 Å². The fourth-order valence-electron chi connectivity index (χ4n) is 6.07. The Balaban J connectivity index is 1.56. The Hall–Kier alpha value is -1.65. The van der Waals surface area contributed by atoms with Gasteiger partial charge in [-0.1, -0.05) is 26.0 Å². The summed E-state index contributed by atoms with van der Waals surface area (Å²) in [7, 11) is 2.20. The van der Waals surface area contributed by atoms with E-state index in [9.17, 15) is 9.90 Å². The third-order valence-corrected chi connectivity index (χ3v) is 7.72. The number of rotatable bonds is 5. The average Bonchev–Trinajstić information content (AvgIpc) is 3.45. The first kappa shape index (κ1) is 18.4. The Kier molecular flexibility index (Phi) is 4.22. The Bertz CT molecular complexity index is 928. The Morgan fingerprint density at radius 2 is 2.18 bits per heavy atom. The van der Waals surface area contributed by atoms with Crippen molar-refractivity contribution in [2.24, 2.45) is 11.8 Å². The van der Waals surface area contributed by atoms with Gasteiger partial charge in [0.25, 0.3) is 0 Å². The van der Waals surface area contributed by atoms with E-state index in [0.717, 1.165) is 25.3 Å². The van der Waals surface area contributed by atoms with Gasteiger partial charge in [-0.3, -0.25) is 4.79 Å². The summed E-state index contributed by atoms with van der Waals surface area (Å²) in [5, 5.41) is 10.8. The molecule has 0 spiro atoms. The summed E-state index contributed by atoms with van der Waals surface area (Å²) < 4.78 is 0. The lowest BCUT2D eigenvalue weighted by atomic mass is 9.61. The van der Waals surface area contributed by atoms with Crippen LogP contribution >= 0.6 is 0 Å². The minimum atomic E-state index is -0.00863. The van der Waals surface area contributed by atoms with Crippen molar-refractivity contribution in [3.8, 4) is 0 Å². The van der Waals surface area contributed by atoms with Crippen LogP contribution in [0.25, 0.3) is 10.9 Å². The van der Waals surface area contributed by atoms with E-state index in [0.29, 0.717) is 18.2 Å². The number of H-pyrrole nitrogens is 1. The summed E-state index contributed by atoms with van der Waals surface area (Å²) in [4.78, 5) is 19.2. The first-order valence-electron chi connectivity index (χ1n) is 10.9. The van der Waals surface area contributed by atoms with E-state index in [1.165, 1.54) is 35.0 Å². The van der Waals surface area contributed by atoms with Crippen LogP contribution in [0.5, 0.6) is 0 Å². The molecule has 1 aromatic heterocycles. The van der Waals surface area contributed by atoms with Crippen molar-refractivity contribution in [2.45, 2.75) is 63.3 Å². The number of carbonyl (C=O) groups excluding carboxylic acids is 1. The Morgan fingerprint density at radius 3 is 2.89 bits per heavy atom. The quantitative estimate of drug-likeness (QED) is 0.830. The number of piperidine rings is 1. The van der Waals surface area contributed by atoms with Crippen molar-refractivity contribution in [1.29, 1.82) is 0 Å². The highest BCUT2D eigenvalue weighted by molar-refractivity contribution is 5.91. The number of benzene rings is 1.